The number of benzene rings is 2. The van der Waals surface area contributed by atoms with Gasteiger partial charge in [-0.1, -0.05) is 36.4 Å². The molecule has 0 aliphatic heterocycles. The number of hydrogen-bond donors (Lipinski definition) is 1. The number of aromatic nitrogens is 2. The zero-order valence-corrected chi connectivity index (χ0v) is 21.2. The van der Waals surface area contributed by atoms with Crippen LogP contribution in [0.4, 0.5) is 5.69 Å². The van der Waals surface area contributed by atoms with Gasteiger partial charge in [0.25, 0.3) is 0 Å². The number of amides is 1. The summed E-state index contributed by atoms with van der Waals surface area (Å²) in [5, 5.41) is 16.8. The molecule has 1 amide bonds. The molecule has 1 atom stereocenters. The van der Waals surface area contributed by atoms with Crippen LogP contribution in [0.25, 0.3) is 11.1 Å². The Bertz CT molecular complexity index is 1310. The van der Waals surface area contributed by atoms with Crippen molar-refractivity contribution in [3.63, 3.8) is 0 Å². The number of carbonyl (C=O) groups excluding carboxylic acids is 1. The van der Waals surface area contributed by atoms with Crippen LogP contribution in [0.5, 0.6) is 0 Å². The Kier molecular flexibility index (Phi) is 8.14. The molecule has 1 heterocycles. The third-order valence-corrected chi connectivity index (χ3v) is 6.56. The Hall–Kier alpha value is -3.95. The quantitative estimate of drug-likeness (QED) is 0.464. The van der Waals surface area contributed by atoms with Gasteiger partial charge in [-0.25, -0.2) is 0 Å². The average Bonchev–Trinajstić information content (AvgIpc) is 3.35. The molecular formula is C30H33N5O. The van der Waals surface area contributed by atoms with E-state index in [9.17, 15) is 4.79 Å². The molecule has 0 fully saturated rings. The van der Waals surface area contributed by atoms with Gasteiger partial charge in [-0.2, -0.15) is 10.4 Å². The summed E-state index contributed by atoms with van der Waals surface area (Å²) in [5.74, 6) is 0.0485. The number of likely N-dealkylation sites (N-methyl/N-ethyl adjacent to an activating group) is 1. The molecule has 1 aliphatic rings. The lowest BCUT2D eigenvalue weighted by molar-refractivity contribution is -0.119. The van der Waals surface area contributed by atoms with Crippen molar-refractivity contribution in [2.24, 2.45) is 7.05 Å². The Morgan fingerprint density at radius 3 is 2.61 bits per heavy atom. The fourth-order valence-electron chi connectivity index (χ4n) is 4.61. The van der Waals surface area contributed by atoms with E-state index in [1.165, 1.54) is 0 Å². The predicted molar refractivity (Wildman–Crippen MR) is 145 cm³/mol. The van der Waals surface area contributed by atoms with Crippen LogP contribution < -0.4 is 10.2 Å². The van der Waals surface area contributed by atoms with E-state index in [0.29, 0.717) is 18.7 Å². The summed E-state index contributed by atoms with van der Waals surface area (Å²) in [6, 6.07) is 15.6. The second-order valence-corrected chi connectivity index (χ2v) is 9.12. The van der Waals surface area contributed by atoms with Gasteiger partial charge in [0.15, 0.2) is 0 Å². The minimum atomic E-state index is -0.419. The van der Waals surface area contributed by atoms with Gasteiger partial charge < -0.3 is 10.2 Å². The minimum absolute atomic E-state index is 0.0485. The summed E-state index contributed by atoms with van der Waals surface area (Å²) in [5.41, 5.74) is 6.93. The van der Waals surface area contributed by atoms with Crippen molar-refractivity contribution in [3.05, 3.63) is 95.3 Å². The number of rotatable bonds is 9. The number of hydrogen-bond acceptors (Lipinski definition) is 4. The van der Waals surface area contributed by atoms with Crippen LogP contribution >= 0.6 is 0 Å². The van der Waals surface area contributed by atoms with Crippen molar-refractivity contribution in [2.45, 2.75) is 39.2 Å². The lowest BCUT2D eigenvalue weighted by Crippen LogP contribution is -2.48. The minimum Gasteiger partial charge on any atom is -0.311 e. The first-order valence-electron chi connectivity index (χ1n) is 12.5. The van der Waals surface area contributed by atoms with Crippen molar-refractivity contribution < 1.29 is 4.79 Å². The third kappa shape index (κ3) is 5.81. The second-order valence-electron chi connectivity index (χ2n) is 9.12. The molecule has 0 saturated heterocycles. The van der Waals surface area contributed by atoms with E-state index in [2.05, 4.69) is 53.8 Å². The Morgan fingerprint density at radius 1 is 1.19 bits per heavy atom. The Labute approximate surface area is 213 Å². The van der Waals surface area contributed by atoms with Gasteiger partial charge in [-0.15, -0.1) is 0 Å². The standard InChI is InChI=1S/C30H33N5O/c1-4-35(28-15-14-26(18-22(28)2)27-20-33-34(3)21-27)30(36)29(25-8-6-5-7-9-25)32-17-16-23-10-12-24(19-31)13-11-23/h6,8-15,18,20-21,29,32H,4-5,7,16-17H2,1-3H3. The summed E-state index contributed by atoms with van der Waals surface area (Å²) < 4.78 is 1.79. The van der Waals surface area contributed by atoms with Crippen LogP contribution in [0.15, 0.2) is 78.7 Å². The van der Waals surface area contributed by atoms with Crippen LogP contribution in [0.2, 0.25) is 0 Å². The molecular weight excluding hydrogens is 446 g/mol. The monoisotopic (exact) mass is 479 g/mol. The van der Waals surface area contributed by atoms with Crippen molar-refractivity contribution >= 4 is 11.6 Å². The molecule has 0 bridgehead atoms. The maximum absolute atomic E-state index is 13.9. The first kappa shape index (κ1) is 25.2. The fraction of sp³-hybridized carbons (Fsp3) is 0.300. The topological polar surface area (TPSA) is 74.0 Å². The van der Waals surface area contributed by atoms with Crippen molar-refractivity contribution in [1.82, 2.24) is 15.1 Å². The highest BCUT2D eigenvalue weighted by Crippen LogP contribution is 2.28. The molecule has 1 aliphatic carbocycles. The number of nitrogens with one attached hydrogen (secondary N) is 1. The van der Waals surface area contributed by atoms with Crippen LogP contribution in [0, 0.1) is 18.3 Å². The molecule has 0 saturated carbocycles. The summed E-state index contributed by atoms with van der Waals surface area (Å²) in [6.45, 7) is 5.31. The molecule has 1 unspecified atom stereocenters. The summed E-state index contributed by atoms with van der Waals surface area (Å²) in [4.78, 5) is 15.8. The van der Waals surface area contributed by atoms with Gasteiger partial charge in [0.1, 0.15) is 6.04 Å². The highest BCUT2D eigenvalue weighted by Gasteiger charge is 2.27. The maximum atomic E-state index is 13.9. The molecule has 0 radical (unpaired) electrons. The predicted octanol–water partition coefficient (Wildman–Crippen LogP) is 5.10. The van der Waals surface area contributed by atoms with Gasteiger partial charge in [-0.05, 0) is 79.6 Å². The van der Waals surface area contributed by atoms with Crippen molar-refractivity contribution in [3.8, 4) is 17.2 Å². The fourth-order valence-corrected chi connectivity index (χ4v) is 4.61. The first-order chi connectivity index (χ1) is 17.5. The van der Waals surface area contributed by atoms with Crippen LogP contribution in [0.3, 0.4) is 0 Å². The van der Waals surface area contributed by atoms with E-state index in [4.69, 9.17) is 5.26 Å². The van der Waals surface area contributed by atoms with Crippen molar-refractivity contribution in [1.29, 1.82) is 5.26 Å². The number of allylic oxidation sites excluding steroid dienone is 2. The van der Waals surface area contributed by atoms with Crippen LogP contribution in [-0.2, 0) is 18.3 Å². The molecule has 6 heteroatoms. The highest BCUT2D eigenvalue weighted by atomic mass is 16.2. The summed E-state index contributed by atoms with van der Waals surface area (Å²) in [7, 11) is 1.91. The van der Waals surface area contributed by atoms with Gasteiger partial charge in [0, 0.05) is 37.6 Å². The zero-order chi connectivity index (χ0) is 25.5. The van der Waals surface area contributed by atoms with E-state index in [-0.39, 0.29) is 5.91 Å². The highest BCUT2D eigenvalue weighted by molar-refractivity contribution is 6.00. The van der Waals surface area contributed by atoms with Gasteiger partial charge in [0.05, 0.1) is 17.8 Å². The molecule has 1 aromatic heterocycles. The Balaban J connectivity index is 1.54. The molecule has 2 aromatic carbocycles. The van der Waals surface area contributed by atoms with Gasteiger partial charge in [0.2, 0.25) is 5.91 Å². The van der Waals surface area contributed by atoms with Gasteiger partial charge >= 0.3 is 0 Å². The number of nitriles is 1. The maximum Gasteiger partial charge on any atom is 0.248 e. The van der Waals surface area contributed by atoms with E-state index in [0.717, 1.165) is 52.8 Å². The summed E-state index contributed by atoms with van der Waals surface area (Å²) >= 11 is 0. The molecule has 6 nitrogen and oxygen atoms in total. The first-order valence-corrected chi connectivity index (χ1v) is 12.5. The van der Waals surface area contributed by atoms with Crippen LogP contribution in [-0.4, -0.2) is 34.8 Å². The lowest BCUT2D eigenvalue weighted by atomic mass is 9.97. The number of anilines is 1. The van der Waals surface area contributed by atoms with Crippen LogP contribution in [0.1, 0.15) is 36.5 Å². The largest absolute Gasteiger partial charge is 0.311 e. The van der Waals surface area contributed by atoms with Gasteiger partial charge in [-0.3, -0.25) is 9.48 Å². The van der Waals surface area contributed by atoms with E-state index in [1.54, 1.807) is 4.68 Å². The van der Waals surface area contributed by atoms with Crippen molar-refractivity contribution in [2.75, 3.05) is 18.0 Å². The lowest BCUT2D eigenvalue weighted by Gasteiger charge is -2.30. The number of aryl methyl sites for hydroxylation is 2. The second kappa shape index (κ2) is 11.7. The zero-order valence-electron chi connectivity index (χ0n) is 21.2. The number of carbonyl (C=O) groups is 1. The van der Waals surface area contributed by atoms with E-state index < -0.39 is 6.04 Å². The smallest absolute Gasteiger partial charge is 0.248 e. The Morgan fingerprint density at radius 2 is 2.00 bits per heavy atom. The normalized spacial score (nSPS) is 13.7. The molecule has 36 heavy (non-hydrogen) atoms. The molecule has 0 spiro atoms. The summed E-state index contributed by atoms with van der Waals surface area (Å²) in [6.07, 6.45) is 13.0. The molecule has 184 valence electrons. The average molecular weight is 480 g/mol. The SMILES string of the molecule is CCN(C(=O)C(NCCc1ccc(C#N)cc1)C1=CCCC=C1)c1ccc(-c2cnn(C)c2)cc1C. The molecule has 1 N–H and O–H groups in total. The molecule has 3 aromatic rings. The third-order valence-electron chi connectivity index (χ3n) is 6.56. The molecule has 4 rings (SSSR count). The van der Waals surface area contributed by atoms with E-state index in [1.807, 2.05) is 61.6 Å². The van der Waals surface area contributed by atoms with E-state index >= 15 is 0 Å². The number of nitrogens with zero attached hydrogens (tertiary/aromatic N) is 4.